The number of rotatable bonds is 1. The van der Waals surface area contributed by atoms with E-state index in [0.717, 1.165) is 39.1 Å². The molecule has 1 N–H and O–H groups in total. The normalized spacial score (nSPS) is 11.8. The molecule has 0 saturated carbocycles. The Bertz CT molecular complexity index is 1190. The lowest BCUT2D eigenvalue weighted by Gasteiger charge is -2.09. The van der Waals surface area contributed by atoms with Crippen molar-refractivity contribution in [2.24, 2.45) is 0 Å². The quantitative estimate of drug-likeness (QED) is 0.490. The van der Waals surface area contributed by atoms with Gasteiger partial charge in [-0.25, -0.2) is 9.97 Å². The summed E-state index contributed by atoms with van der Waals surface area (Å²) in [5.41, 5.74) is 8.51. The molecule has 0 aliphatic rings. The molecule has 0 saturated heterocycles. The molecule has 0 amide bonds. The second-order valence-corrected chi connectivity index (χ2v) is 6.21. The highest BCUT2D eigenvalue weighted by atomic mass is 15.0. The highest BCUT2D eigenvalue weighted by Crippen LogP contribution is 2.31. The summed E-state index contributed by atoms with van der Waals surface area (Å²) in [5, 5.41) is 0. The van der Waals surface area contributed by atoms with Crippen LogP contribution in [-0.4, -0.2) is 19.4 Å². The number of hydrogen-bond acceptors (Lipinski definition) is 2. The van der Waals surface area contributed by atoms with Crippen LogP contribution in [0.15, 0.2) is 54.6 Å². The molecule has 0 spiro atoms. The number of nitrogens with one attached hydrogen (secondary N) is 1. The Kier molecular flexibility index (Phi) is 2.59. The van der Waals surface area contributed by atoms with E-state index in [1.54, 1.807) is 0 Å². The van der Waals surface area contributed by atoms with Gasteiger partial charge in [0.25, 0.3) is 0 Å². The molecular formula is C20H16N4. The van der Waals surface area contributed by atoms with E-state index in [1.165, 1.54) is 11.3 Å². The Labute approximate surface area is 138 Å². The Morgan fingerprint density at radius 1 is 0.875 bits per heavy atom. The van der Waals surface area contributed by atoms with E-state index < -0.39 is 0 Å². The van der Waals surface area contributed by atoms with Crippen molar-refractivity contribution in [3.05, 3.63) is 65.9 Å². The summed E-state index contributed by atoms with van der Waals surface area (Å²) in [6.07, 6.45) is 0. The van der Waals surface area contributed by atoms with Crippen LogP contribution in [0.3, 0.4) is 0 Å². The molecular weight excluding hydrogens is 296 g/mol. The first-order valence-electron chi connectivity index (χ1n) is 8.05. The van der Waals surface area contributed by atoms with Gasteiger partial charge in [-0.1, -0.05) is 24.3 Å². The molecule has 116 valence electrons. The number of pyridine rings is 1. The van der Waals surface area contributed by atoms with Gasteiger partial charge < -0.3 is 4.98 Å². The summed E-state index contributed by atoms with van der Waals surface area (Å²) >= 11 is 0. The smallest absolute Gasteiger partial charge is 0.149 e. The minimum absolute atomic E-state index is 0.869. The van der Waals surface area contributed by atoms with Crippen molar-refractivity contribution in [2.75, 3.05) is 0 Å². The van der Waals surface area contributed by atoms with Crippen molar-refractivity contribution in [1.29, 1.82) is 0 Å². The van der Waals surface area contributed by atoms with Crippen LogP contribution in [0.4, 0.5) is 0 Å². The van der Waals surface area contributed by atoms with Crippen LogP contribution in [0.25, 0.3) is 39.1 Å². The zero-order valence-corrected chi connectivity index (χ0v) is 13.5. The van der Waals surface area contributed by atoms with E-state index >= 15 is 0 Å². The zero-order chi connectivity index (χ0) is 16.3. The molecule has 5 aromatic rings. The molecule has 0 aliphatic carbocycles. The van der Waals surface area contributed by atoms with Gasteiger partial charge in [0, 0.05) is 5.69 Å². The lowest BCUT2D eigenvalue weighted by atomic mass is 10.1. The minimum atomic E-state index is 0.869. The number of aromatic nitrogens is 4. The second kappa shape index (κ2) is 4.68. The fraction of sp³-hybridized carbons (Fsp3) is 0.100. The Hall–Kier alpha value is -3.14. The van der Waals surface area contributed by atoms with Crippen LogP contribution in [0.2, 0.25) is 0 Å². The van der Waals surface area contributed by atoms with Gasteiger partial charge in [-0.15, -0.1) is 0 Å². The van der Waals surface area contributed by atoms with Crippen LogP contribution in [0.1, 0.15) is 11.3 Å². The standard InChI is InChI=1S/C20H16N4/c1-12-11-13(2)24-17-10-6-5-9-16(17)23-20(24)18(12)19-21-14-7-3-4-8-15(14)22-19/h3-11H,1-2H3,(H,21,22). The topological polar surface area (TPSA) is 46.0 Å². The minimum Gasteiger partial charge on any atom is -0.338 e. The molecule has 24 heavy (non-hydrogen) atoms. The van der Waals surface area contributed by atoms with Gasteiger partial charge >= 0.3 is 0 Å². The molecule has 0 bridgehead atoms. The van der Waals surface area contributed by atoms with Gasteiger partial charge in [-0.2, -0.15) is 0 Å². The van der Waals surface area contributed by atoms with Crippen LogP contribution < -0.4 is 0 Å². The fourth-order valence-corrected chi connectivity index (χ4v) is 3.54. The molecule has 3 aromatic heterocycles. The molecule has 2 aromatic carbocycles. The lowest BCUT2D eigenvalue weighted by Crippen LogP contribution is -1.97. The van der Waals surface area contributed by atoms with Gasteiger partial charge in [-0.3, -0.25) is 4.40 Å². The largest absolute Gasteiger partial charge is 0.338 e. The summed E-state index contributed by atoms with van der Waals surface area (Å²) < 4.78 is 2.21. The summed E-state index contributed by atoms with van der Waals surface area (Å²) in [6, 6.07) is 18.5. The van der Waals surface area contributed by atoms with E-state index in [1.807, 2.05) is 24.3 Å². The molecule has 5 rings (SSSR count). The average molecular weight is 312 g/mol. The number of benzene rings is 2. The van der Waals surface area contributed by atoms with Crippen molar-refractivity contribution < 1.29 is 0 Å². The number of H-pyrrole nitrogens is 1. The highest BCUT2D eigenvalue weighted by molar-refractivity contribution is 5.90. The van der Waals surface area contributed by atoms with Crippen molar-refractivity contribution in [3.63, 3.8) is 0 Å². The first kappa shape index (κ1) is 13.3. The molecule has 0 aliphatic heterocycles. The molecule has 0 atom stereocenters. The molecule has 4 nitrogen and oxygen atoms in total. The number of fused-ring (bicyclic) bond motifs is 4. The number of hydrogen-bond donors (Lipinski definition) is 1. The molecule has 0 unspecified atom stereocenters. The Balaban J connectivity index is 1.94. The molecule has 4 heteroatoms. The third-order valence-electron chi connectivity index (χ3n) is 4.58. The summed E-state index contributed by atoms with van der Waals surface area (Å²) in [7, 11) is 0. The van der Waals surface area contributed by atoms with Crippen molar-refractivity contribution >= 4 is 27.7 Å². The predicted octanol–water partition coefficient (Wildman–Crippen LogP) is 4.65. The van der Waals surface area contributed by atoms with Gasteiger partial charge in [-0.05, 0) is 49.7 Å². The number of aryl methyl sites for hydroxylation is 2. The number of imidazole rings is 2. The first-order valence-corrected chi connectivity index (χ1v) is 8.05. The Morgan fingerprint density at radius 3 is 2.46 bits per heavy atom. The number of aromatic amines is 1. The summed E-state index contributed by atoms with van der Waals surface area (Å²) in [6.45, 7) is 4.24. The number of nitrogens with zero attached hydrogens (tertiary/aromatic N) is 3. The maximum Gasteiger partial charge on any atom is 0.149 e. The van der Waals surface area contributed by atoms with E-state index in [-0.39, 0.29) is 0 Å². The maximum atomic E-state index is 4.89. The van der Waals surface area contributed by atoms with Gasteiger partial charge in [0.1, 0.15) is 11.5 Å². The highest BCUT2D eigenvalue weighted by Gasteiger charge is 2.17. The predicted molar refractivity (Wildman–Crippen MR) is 97.3 cm³/mol. The third-order valence-corrected chi connectivity index (χ3v) is 4.58. The first-order chi connectivity index (χ1) is 11.7. The van der Waals surface area contributed by atoms with Crippen LogP contribution in [-0.2, 0) is 0 Å². The molecule has 0 radical (unpaired) electrons. The molecule has 0 fully saturated rings. The van der Waals surface area contributed by atoms with E-state index in [4.69, 9.17) is 9.97 Å². The summed E-state index contributed by atoms with van der Waals surface area (Å²) in [5.74, 6) is 0.869. The number of para-hydroxylation sites is 4. The average Bonchev–Trinajstić information content (AvgIpc) is 3.15. The SMILES string of the molecule is Cc1cc(C)n2c(nc3ccccc32)c1-c1nc2ccccc2[nH]1. The lowest BCUT2D eigenvalue weighted by molar-refractivity contribution is 1.11. The van der Waals surface area contributed by atoms with Crippen molar-refractivity contribution in [2.45, 2.75) is 13.8 Å². The van der Waals surface area contributed by atoms with Crippen molar-refractivity contribution in [3.8, 4) is 11.4 Å². The van der Waals surface area contributed by atoms with E-state index in [9.17, 15) is 0 Å². The Morgan fingerprint density at radius 2 is 1.62 bits per heavy atom. The van der Waals surface area contributed by atoms with Gasteiger partial charge in [0.2, 0.25) is 0 Å². The van der Waals surface area contributed by atoms with Crippen molar-refractivity contribution in [1.82, 2.24) is 19.4 Å². The third kappa shape index (κ3) is 1.74. The second-order valence-electron chi connectivity index (χ2n) is 6.21. The monoisotopic (exact) mass is 312 g/mol. The zero-order valence-electron chi connectivity index (χ0n) is 13.5. The van der Waals surface area contributed by atoms with Gasteiger partial charge in [0.05, 0.1) is 27.6 Å². The van der Waals surface area contributed by atoms with Crippen LogP contribution in [0.5, 0.6) is 0 Å². The fourth-order valence-electron chi connectivity index (χ4n) is 3.54. The molecule has 3 heterocycles. The van der Waals surface area contributed by atoms with E-state index in [0.29, 0.717) is 0 Å². The van der Waals surface area contributed by atoms with E-state index in [2.05, 4.69) is 53.6 Å². The van der Waals surface area contributed by atoms with Crippen LogP contribution in [0, 0.1) is 13.8 Å². The maximum absolute atomic E-state index is 4.89. The summed E-state index contributed by atoms with van der Waals surface area (Å²) in [4.78, 5) is 13.1. The van der Waals surface area contributed by atoms with Gasteiger partial charge in [0.15, 0.2) is 0 Å². The van der Waals surface area contributed by atoms with Crippen LogP contribution >= 0.6 is 0 Å².